The van der Waals surface area contributed by atoms with Crippen LogP contribution in [0.2, 0.25) is 0 Å². The topological polar surface area (TPSA) is 61.7 Å². The highest BCUT2D eigenvalue weighted by Gasteiger charge is 2.07. The predicted octanol–water partition coefficient (Wildman–Crippen LogP) is 1.09. The van der Waals surface area contributed by atoms with E-state index in [1.165, 1.54) is 0 Å². The van der Waals surface area contributed by atoms with Gasteiger partial charge in [0.25, 0.3) is 0 Å². The van der Waals surface area contributed by atoms with E-state index in [4.69, 9.17) is 9.84 Å². The normalized spacial score (nSPS) is 14.4. The average molecular weight is 239 g/mol. The summed E-state index contributed by atoms with van der Waals surface area (Å²) < 4.78 is 5.05. The number of hydrogen-bond acceptors (Lipinski definition) is 4. The number of nitrogens with one attached hydrogen (secondary N) is 1. The fraction of sp³-hybridized carbons (Fsp3) is 0.538. The van der Waals surface area contributed by atoms with Gasteiger partial charge in [0.05, 0.1) is 19.3 Å². The molecule has 0 aliphatic carbocycles. The van der Waals surface area contributed by atoms with Crippen molar-refractivity contribution in [3.63, 3.8) is 0 Å². The highest BCUT2D eigenvalue weighted by molar-refractivity contribution is 5.28. The van der Waals surface area contributed by atoms with Crippen LogP contribution in [-0.2, 0) is 0 Å². The molecule has 3 N–H and O–H groups in total. The van der Waals surface area contributed by atoms with Crippen LogP contribution in [0.3, 0.4) is 0 Å². The second-order valence-electron chi connectivity index (χ2n) is 4.13. The minimum absolute atomic E-state index is 0.305. The lowest BCUT2D eigenvalue weighted by Crippen LogP contribution is -2.24. The van der Waals surface area contributed by atoms with E-state index in [0.29, 0.717) is 19.5 Å². The van der Waals surface area contributed by atoms with Crippen LogP contribution < -0.4 is 10.1 Å². The summed E-state index contributed by atoms with van der Waals surface area (Å²) >= 11 is 0. The number of aliphatic hydroxyl groups is 2. The maximum atomic E-state index is 9.88. The van der Waals surface area contributed by atoms with Gasteiger partial charge < -0.3 is 20.3 Å². The van der Waals surface area contributed by atoms with E-state index >= 15 is 0 Å². The Hall–Kier alpha value is -1.10. The molecule has 0 bridgehead atoms. The first kappa shape index (κ1) is 14.0. The Morgan fingerprint density at radius 3 is 2.41 bits per heavy atom. The molecule has 0 fully saturated rings. The molecule has 0 amide bonds. The molecular weight excluding hydrogens is 218 g/mol. The van der Waals surface area contributed by atoms with Crippen molar-refractivity contribution in [2.45, 2.75) is 25.6 Å². The number of ether oxygens (including phenoxy) is 1. The summed E-state index contributed by atoms with van der Waals surface area (Å²) in [6.07, 6.45) is -0.148. The molecule has 4 heteroatoms. The van der Waals surface area contributed by atoms with Gasteiger partial charge in [0.1, 0.15) is 5.75 Å². The summed E-state index contributed by atoms with van der Waals surface area (Å²) in [7, 11) is 1.61. The first-order valence-electron chi connectivity index (χ1n) is 5.84. The van der Waals surface area contributed by atoms with Crippen molar-refractivity contribution in [1.29, 1.82) is 0 Å². The van der Waals surface area contributed by atoms with Crippen molar-refractivity contribution in [1.82, 2.24) is 5.32 Å². The van der Waals surface area contributed by atoms with Crippen LogP contribution in [0.5, 0.6) is 5.75 Å². The molecule has 17 heavy (non-hydrogen) atoms. The molecule has 0 saturated heterocycles. The van der Waals surface area contributed by atoms with Crippen molar-refractivity contribution in [2.75, 3.05) is 20.2 Å². The second-order valence-corrected chi connectivity index (χ2v) is 4.13. The van der Waals surface area contributed by atoms with Crippen LogP contribution in [-0.4, -0.2) is 36.5 Å². The largest absolute Gasteiger partial charge is 0.497 e. The number of rotatable bonds is 7. The molecule has 0 aliphatic rings. The minimum atomic E-state index is -0.532. The Labute approximate surface area is 102 Å². The first-order chi connectivity index (χ1) is 8.13. The highest BCUT2D eigenvalue weighted by Crippen LogP contribution is 2.16. The van der Waals surface area contributed by atoms with Crippen LogP contribution in [0.1, 0.15) is 25.0 Å². The van der Waals surface area contributed by atoms with E-state index in [9.17, 15) is 5.11 Å². The number of benzene rings is 1. The Bertz CT molecular complexity index is 311. The summed E-state index contributed by atoms with van der Waals surface area (Å²) in [6, 6.07) is 7.35. The standard InChI is InChI=1S/C13H21NO3/c1-10(15)7-8-14-9-13(16)11-3-5-12(17-2)6-4-11/h3-6,10,13-16H,7-9H2,1-2H3. The van der Waals surface area contributed by atoms with E-state index in [1.807, 2.05) is 24.3 Å². The molecule has 0 heterocycles. The molecule has 96 valence electrons. The summed E-state index contributed by atoms with van der Waals surface area (Å²) in [5.41, 5.74) is 0.857. The van der Waals surface area contributed by atoms with Gasteiger partial charge in [0.2, 0.25) is 0 Å². The van der Waals surface area contributed by atoms with Crippen LogP contribution in [0.25, 0.3) is 0 Å². The Kier molecular flexibility index (Phi) is 5.97. The van der Waals surface area contributed by atoms with Crippen LogP contribution in [0.4, 0.5) is 0 Å². The van der Waals surface area contributed by atoms with Gasteiger partial charge >= 0.3 is 0 Å². The van der Waals surface area contributed by atoms with Gasteiger partial charge in [-0.15, -0.1) is 0 Å². The predicted molar refractivity (Wildman–Crippen MR) is 67.1 cm³/mol. The quantitative estimate of drug-likeness (QED) is 0.623. The minimum Gasteiger partial charge on any atom is -0.497 e. The van der Waals surface area contributed by atoms with Crippen molar-refractivity contribution in [3.8, 4) is 5.75 Å². The monoisotopic (exact) mass is 239 g/mol. The van der Waals surface area contributed by atoms with Gasteiger partial charge in [-0.1, -0.05) is 12.1 Å². The third-order valence-electron chi connectivity index (χ3n) is 2.58. The Balaban J connectivity index is 2.33. The molecule has 0 spiro atoms. The van der Waals surface area contributed by atoms with Gasteiger partial charge in [0.15, 0.2) is 0 Å². The molecule has 0 saturated carbocycles. The van der Waals surface area contributed by atoms with Gasteiger partial charge in [0, 0.05) is 6.54 Å². The molecule has 2 unspecified atom stereocenters. The third-order valence-corrected chi connectivity index (χ3v) is 2.58. The fourth-order valence-electron chi connectivity index (χ4n) is 1.49. The molecular formula is C13H21NO3. The zero-order chi connectivity index (χ0) is 12.7. The van der Waals surface area contributed by atoms with Crippen molar-refractivity contribution in [3.05, 3.63) is 29.8 Å². The van der Waals surface area contributed by atoms with E-state index in [0.717, 1.165) is 11.3 Å². The number of hydrogen-bond donors (Lipinski definition) is 3. The molecule has 0 aromatic heterocycles. The lowest BCUT2D eigenvalue weighted by atomic mass is 10.1. The molecule has 0 radical (unpaired) electrons. The SMILES string of the molecule is COc1ccc(C(O)CNCCC(C)O)cc1. The summed E-state index contributed by atoms with van der Waals surface area (Å²) in [4.78, 5) is 0. The van der Waals surface area contributed by atoms with Crippen LogP contribution >= 0.6 is 0 Å². The van der Waals surface area contributed by atoms with E-state index in [2.05, 4.69) is 5.32 Å². The number of aliphatic hydroxyl groups excluding tert-OH is 2. The second kappa shape index (κ2) is 7.27. The Morgan fingerprint density at radius 2 is 1.88 bits per heavy atom. The number of methoxy groups -OCH3 is 1. The maximum Gasteiger partial charge on any atom is 0.118 e. The molecule has 1 aromatic rings. The van der Waals surface area contributed by atoms with E-state index < -0.39 is 6.10 Å². The van der Waals surface area contributed by atoms with E-state index in [-0.39, 0.29) is 6.10 Å². The fourth-order valence-corrected chi connectivity index (χ4v) is 1.49. The smallest absolute Gasteiger partial charge is 0.118 e. The van der Waals surface area contributed by atoms with Gasteiger partial charge in [-0.05, 0) is 37.6 Å². The van der Waals surface area contributed by atoms with E-state index in [1.54, 1.807) is 14.0 Å². The summed E-state index contributed by atoms with van der Waals surface area (Å²) in [6.45, 7) is 2.94. The first-order valence-corrected chi connectivity index (χ1v) is 5.84. The molecule has 1 aromatic carbocycles. The molecule has 2 atom stereocenters. The third kappa shape index (κ3) is 5.17. The zero-order valence-electron chi connectivity index (χ0n) is 10.4. The van der Waals surface area contributed by atoms with Crippen molar-refractivity contribution >= 4 is 0 Å². The van der Waals surface area contributed by atoms with Crippen LogP contribution in [0.15, 0.2) is 24.3 Å². The van der Waals surface area contributed by atoms with Gasteiger partial charge in [-0.25, -0.2) is 0 Å². The van der Waals surface area contributed by atoms with Crippen molar-refractivity contribution < 1.29 is 14.9 Å². The molecule has 4 nitrogen and oxygen atoms in total. The van der Waals surface area contributed by atoms with Crippen molar-refractivity contribution in [2.24, 2.45) is 0 Å². The Morgan fingerprint density at radius 1 is 1.24 bits per heavy atom. The van der Waals surface area contributed by atoms with Crippen LogP contribution in [0, 0.1) is 0 Å². The zero-order valence-corrected chi connectivity index (χ0v) is 10.4. The summed E-state index contributed by atoms with van der Waals surface area (Å²) in [5.74, 6) is 0.781. The average Bonchev–Trinajstić information content (AvgIpc) is 2.34. The highest BCUT2D eigenvalue weighted by atomic mass is 16.5. The molecule has 1 rings (SSSR count). The van der Waals surface area contributed by atoms with Gasteiger partial charge in [-0.2, -0.15) is 0 Å². The lowest BCUT2D eigenvalue weighted by molar-refractivity contribution is 0.162. The molecule has 0 aliphatic heterocycles. The summed E-state index contributed by atoms with van der Waals surface area (Å²) in [5, 5.41) is 22.1. The maximum absolute atomic E-state index is 9.88. The lowest BCUT2D eigenvalue weighted by Gasteiger charge is -2.13. The van der Waals surface area contributed by atoms with Gasteiger partial charge in [-0.3, -0.25) is 0 Å².